The van der Waals surface area contributed by atoms with Crippen LogP contribution in [0.15, 0.2) is 46.3 Å². The maximum atomic E-state index is 14.4. The molecule has 1 unspecified atom stereocenters. The molecule has 1 amide bonds. The van der Waals surface area contributed by atoms with Gasteiger partial charge in [-0.15, -0.1) is 0 Å². The number of aromatic nitrogens is 2. The van der Waals surface area contributed by atoms with E-state index in [2.05, 4.69) is 31.6 Å². The van der Waals surface area contributed by atoms with Crippen LogP contribution in [0, 0.1) is 5.82 Å². The molecule has 3 N–H and O–H groups in total. The second-order valence-corrected chi connectivity index (χ2v) is 10.4. The minimum atomic E-state index is -0.486. The van der Waals surface area contributed by atoms with Gasteiger partial charge in [-0.2, -0.15) is 0 Å². The Morgan fingerprint density at radius 1 is 1.34 bits per heavy atom. The van der Waals surface area contributed by atoms with Gasteiger partial charge in [-0.25, -0.2) is 0 Å². The molecule has 0 fully saturated rings. The Morgan fingerprint density at radius 3 is 3.06 bits per heavy atom. The Labute approximate surface area is 194 Å². The van der Waals surface area contributed by atoms with E-state index < -0.39 is 27.0 Å². The van der Waals surface area contributed by atoms with E-state index >= 15 is 0 Å². The number of methoxy groups -OCH3 is 1. The number of benzene rings is 1. The topological polar surface area (TPSA) is 88.3 Å². The van der Waals surface area contributed by atoms with E-state index in [1.165, 1.54) is 13.2 Å². The zero-order valence-corrected chi connectivity index (χ0v) is 19.6. The molecule has 9 heteroatoms. The van der Waals surface area contributed by atoms with Crippen LogP contribution < -0.4 is 41.3 Å². The standard InChI is InChI=1S/C23H21FIN4O3/c1-12-8-25-15-9-27-23(30)18-20(15)29-19(13-6-7-26-10-17(13)32-11-12)21(18)28-16-5-3-4-14(24)22(16)31-2/h3-8,10,15,28-29H,9,11H2,1-2H3,(H,27,30)/q-1/b12-8-. The maximum absolute atomic E-state index is 14.4. The predicted octanol–water partition coefficient (Wildman–Crippen LogP) is 1.14. The molecule has 0 radical (unpaired) electrons. The molecule has 5 rings (SSSR count). The van der Waals surface area contributed by atoms with Gasteiger partial charge < -0.3 is 0 Å². The summed E-state index contributed by atoms with van der Waals surface area (Å²) in [6, 6.07) is 6.50. The van der Waals surface area contributed by atoms with Crippen molar-refractivity contribution in [3.8, 4) is 22.8 Å². The Balaban J connectivity index is 1.75. The van der Waals surface area contributed by atoms with Gasteiger partial charge in [0.2, 0.25) is 0 Å². The van der Waals surface area contributed by atoms with Crippen LogP contribution in [0.5, 0.6) is 11.5 Å². The molecule has 32 heavy (non-hydrogen) atoms. The van der Waals surface area contributed by atoms with Crippen LogP contribution in [-0.4, -0.2) is 36.1 Å². The summed E-state index contributed by atoms with van der Waals surface area (Å²) in [5, 5.41) is 6.30. The first kappa shape index (κ1) is 20.8. The molecule has 7 nitrogen and oxygen atoms in total. The monoisotopic (exact) mass is 547 g/mol. The molecular formula is C23H21FIN4O3-. The van der Waals surface area contributed by atoms with Crippen LogP contribution in [0.25, 0.3) is 11.3 Å². The number of carbonyl (C=O) groups is 1. The number of amides is 1. The van der Waals surface area contributed by atoms with E-state index in [9.17, 15) is 9.18 Å². The Kier molecular flexibility index (Phi) is 5.50. The molecule has 2 bridgehead atoms. The molecule has 0 saturated carbocycles. The van der Waals surface area contributed by atoms with Gasteiger partial charge >= 0.3 is 195 Å². The number of H-pyrrole nitrogens is 1. The number of anilines is 2. The van der Waals surface area contributed by atoms with Gasteiger partial charge in [-0.3, -0.25) is 0 Å². The molecule has 0 spiro atoms. The van der Waals surface area contributed by atoms with Crippen LogP contribution in [0.1, 0.15) is 26.9 Å². The number of ether oxygens (including phenoxy) is 2. The summed E-state index contributed by atoms with van der Waals surface area (Å²) in [5.74, 6) is 0.0270. The van der Waals surface area contributed by atoms with Crippen molar-refractivity contribution in [2.75, 3.05) is 25.6 Å². The first-order valence-corrected chi connectivity index (χ1v) is 12.5. The van der Waals surface area contributed by atoms with E-state index in [4.69, 9.17) is 9.47 Å². The molecule has 1 aromatic carbocycles. The van der Waals surface area contributed by atoms with Gasteiger partial charge in [0.05, 0.1) is 0 Å². The molecule has 0 saturated heterocycles. The second-order valence-electron chi connectivity index (χ2n) is 7.53. The van der Waals surface area contributed by atoms with Crippen molar-refractivity contribution in [3.63, 3.8) is 0 Å². The molecular weight excluding hydrogens is 526 g/mol. The molecule has 4 heterocycles. The summed E-state index contributed by atoms with van der Waals surface area (Å²) in [7, 11) is 1.42. The number of nitrogens with one attached hydrogen (secondary N) is 3. The van der Waals surface area contributed by atoms with E-state index in [0.717, 1.165) is 16.8 Å². The molecule has 2 aliphatic rings. The number of carbonyl (C=O) groups excluding carboxylic acids is 1. The van der Waals surface area contributed by atoms with Crippen molar-refractivity contribution in [2.45, 2.75) is 10.8 Å². The van der Waals surface area contributed by atoms with Gasteiger partial charge in [-0.1, -0.05) is 0 Å². The minimum absolute atomic E-state index is 0.0828. The summed E-state index contributed by atoms with van der Waals surface area (Å²) < 4.78 is 28.1. The van der Waals surface area contributed by atoms with Gasteiger partial charge in [0.15, 0.2) is 0 Å². The van der Waals surface area contributed by atoms with Gasteiger partial charge in [0.25, 0.3) is 0 Å². The number of hydrogen-bond acceptors (Lipinski definition) is 5. The second kappa shape index (κ2) is 8.45. The zero-order chi connectivity index (χ0) is 22.2. The fourth-order valence-corrected chi connectivity index (χ4v) is 6.38. The number of para-hydroxylation sites is 1. The zero-order valence-electron chi connectivity index (χ0n) is 17.5. The number of pyridine rings is 1. The molecule has 0 aliphatic carbocycles. The Bertz CT molecular complexity index is 1240. The van der Waals surface area contributed by atoms with E-state index in [1.807, 2.05) is 6.07 Å². The van der Waals surface area contributed by atoms with Gasteiger partial charge in [-0.05, 0) is 0 Å². The van der Waals surface area contributed by atoms with Crippen LogP contribution in [0.4, 0.5) is 15.8 Å². The first-order valence-electron chi connectivity index (χ1n) is 10.0. The Morgan fingerprint density at radius 2 is 2.22 bits per heavy atom. The number of alkyl halides is 1. The summed E-state index contributed by atoms with van der Waals surface area (Å²) in [6.07, 6.45) is 3.35. The number of fused-ring (bicyclic) bond motifs is 3. The number of rotatable bonds is 3. The molecule has 166 valence electrons. The first-order chi connectivity index (χ1) is 15.6. The third-order valence-corrected chi connectivity index (χ3v) is 8.71. The van der Waals surface area contributed by atoms with Crippen molar-refractivity contribution in [3.05, 3.63) is 63.4 Å². The van der Waals surface area contributed by atoms with Crippen LogP contribution in [0.2, 0.25) is 0 Å². The van der Waals surface area contributed by atoms with Crippen molar-refractivity contribution in [2.24, 2.45) is 0 Å². The van der Waals surface area contributed by atoms with Crippen molar-refractivity contribution >= 4 is 17.3 Å². The van der Waals surface area contributed by atoms with Crippen molar-refractivity contribution in [1.29, 1.82) is 0 Å². The van der Waals surface area contributed by atoms with Gasteiger partial charge in [0, 0.05) is 0 Å². The number of halogens is 2. The van der Waals surface area contributed by atoms with E-state index in [-0.39, 0.29) is 15.6 Å². The van der Waals surface area contributed by atoms with Crippen molar-refractivity contribution < 1.29 is 39.9 Å². The quantitative estimate of drug-likeness (QED) is 0.339. The molecule has 1 atom stereocenters. The molecule has 3 aromatic rings. The fraction of sp³-hybridized carbons (Fsp3) is 0.217. The summed E-state index contributed by atoms with van der Waals surface area (Å²) >= 11 is -0.398. The van der Waals surface area contributed by atoms with Crippen molar-refractivity contribution in [1.82, 2.24) is 15.3 Å². The number of aromatic amines is 1. The number of hydrogen-bond donors (Lipinski definition) is 3. The molecule has 2 aromatic heterocycles. The average molecular weight is 547 g/mol. The third-order valence-electron chi connectivity index (χ3n) is 5.35. The van der Waals surface area contributed by atoms with E-state index in [0.29, 0.717) is 41.5 Å². The fourth-order valence-electron chi connectivity index (χ4n) is 3.85. The van der Waals surface area contributed by atoms with Crippen LogP contribution in [-0.2, 0) is 0 Å². The summed E-state index contributed by atoms with van der Waals surface area (Å²) in [4.78, 5) is 20.7. The van der Waals surface area contributed by atoms with Gasteiger partial charge in [0.1, 0.15) is 0 Å². The average Bonchev–Trinajstić information content (AvgIpc) is 3.16. The molecule has 2 aliphatic heterocycles. The SMILES string of the molecule is COc1c(F)cccc1Nc1c2[nH]c3c1C(=O)NCC3[I-]/C=C(/C)COc1cnccc1-2. The summed E-state index contributed by atoms with van der Waals surface area (Å²) in [5.41, 5.74) is 5.05. The van der Waals surface area contributed by atoms with E-state index in [1.54, 1.807) is 24.5 Å². The summed E-state index contributed by atoms with van der Waals surface area (Å²) in [6.45, 7) is 3.10. The normalized spacial score (nSPS) is 19.2. The predicted molar refractivity (Wildman–Crippen MR) is 115 cm³/mol. The Hall–Kier alpha value is -3.08. The van der Waals surface area contributed by atoms with Crippen LogP contribution in [0.3, 0.4) is 0 Å². The number of nitrogens with zero attached hydrogens (tertiary/aromatic N) is 1. The van der Waals surface area contributed by atoms with Crippen LogP contribution >= 0.6 is 0 Å². The third kappa shape index (κ3) is 3.60.